The van der Waals surface area contributed by atoms with E-state index >= 15 is 0 Å². The summed E-state index contributed by atoms with van der Waals surface area (Å²) in [6.07, 6.45) is 1.14. The van der Waals surface area contributed by atoms with E-state index in [1.165, 1.54) is 20.1 Å². The van der Waals surface area contributed by atoms with E-state index in [1.54, 1.807) is 23.5 Å². The normalized spacial score (nSPS) is 18.4. The number of piperidine rings is 1. The SMILES string of the molecule is Cc1ccc(S(=O)(=O)N2CCC(C(=O)N3CCN(c4nc5c(C)cc(C)cc5s4)CC3)CC2)cc1. The molecule has 2 aliphatic heterocycles. The van der Waals surface area contributed by atoms with Crippen LogP contribution in [-0.2, 0) is 14.8 Å². The monoisotopic (exact) mass is 512 g/mol. The standard InChI is InChI=1S/C26H32N4O3S2/c1-18-4-6-22(7-5-18)35(32,33)30-10-8-21(9-11-30)25(31)28-12-14-29(15-13-28)26-27-24-20(3)16-19(2)17-23(24)34-26/h4-7,16-17,21H,8-15H2,1-3H3. The highest BCUT2D eigenvalue weighted by Crippen LogP contribution is 2.32. The maximum atomic E-state index is 13.2. The molecule has 5 rings (SSSR count). The molecule has 0 bridgehead atoms. The third-order valence-electron chi connectivity index (χ3n) is 7.14. The zero-order valence-electron chi connectivity index (χ0n) is 20.5. The first-order valence-corrected chi connectivity index (χ1v) is 14.5. The number of benzene rings is 2. The summed E-state index contributed by atoms with van der Waals surface area (Å²) in [5.41, 5.74) is 4.55. The summed E-state index contributed by atoms with van der Waals surface area (Å²) < 4.78 is 28.7. The molecule has 186 valence electrons. The van der Waals surface area contributed by atoms with Crippen LogP contribution in [0.2, 0.25) is 0 Å². The largest absolute Gasteiger partial charge is 0.345 e. The van der Waals surface area contributed by atoms with Crippen molar-refractivity contribution in [1.29, 1.82) is 0 Å². The summed E-state index contributed by atoms with van der Waals surface area (Å²) >= 11 is 1.72. The first-order chi connectivity index (χ1) is 16.7. The number of anilines is 1. The Labute approximate surface area is 211 Å². The van der Waals surface area contributed by atoms with Crippen LogP contribution in [0.4, 0.5) is 5.13 Å². The van der Waals surface area contributed by atoms with Gasteiger partial charge in [-0.2, -0.15) is 4.31 Å². The lowest BCUT2D eigenvalue weighted by atomic mass is 9.96. The average Bonchev–Trinajstić information content (AvgIpc) is 3.28. The summed E-state index contributed by atoms with van der Waals surface area (Å²) in [6, 6.07) is 11.3. The second kappa shape index (κ2) is 9.52. The van der Waals surface area contributed by atoms with Crippen LogP contribution in [0.3, 0.4) is 0 Å². The number of aryl methyl sites for hydroxylation is 3. The average molecular weight is 513 g/mol. The van der Waals surface area contributed by atoms with E-state index < -0.39 is 10.0 Å². The summed E-state index contributed by atoms with van der Waals surface area (Å²) in [6.45, 7) is 9.81. The van der Waals surface area contributed by atoms with E-state index in [0.29, 0.717) is 43.9 Å². The predicted molar refractivity (Wildman–Crippen MR) is 141 cm³/mol. The molecule has 1 amide bonds. The van der Waals surface area contributed by atoms with Crippen molar-refractivity contribution in [2.75, 3.05) is 44.2 Å². The van der Waals surface area contributed by atoms with Gasteiger partial charge >= 0.3 is 0 Å². The molecule has 0 atom stereocenters. The Bertz CT molecular complexity index is 1330. The van der Waals surface area contributed by atoms with Gasteiger partial charge in [-0.3, -0.25) is 4.79 Å². The van der Waals surface area contributed by atoms with E-state index in [0.717, 1.165) is 29.3 Å². The quantitative estimate of drug-likeness (QED) is 0.529. The molecular formula is C26H32N4O3S2. The third-order valence-corrected chi connectivity index (χ3v) is 10.1. The molecule has 3 heterocycles. The van der Waals surface area contributed by atoms with Crippen LogP contribution in [0.1, 0.15) is 29.5 Å². The lowest BCUT2D eigenvalue weighted by Gasteiger charge is -2.38. The maximum absolute atomic E-state index is 13.2. The molecule has 1 aromatic heterocycles. The Morgan fingerprint density at radius 3 is 2.23 bits per heavy atom. The van der Waals surface area contributed by atoms with Gasteiger partial charge in [0.1, 0.15) is 0 Å². The van der Waals surface area contributed by atoms with Crippen molar-refractivity contribution < 1.29 is 13.2 Å². The highest BCUT2D eigenvalue weighted by atomic mass is 32.2. The second-order valence-corrected chi connectivity index (χ2v) is 12.7. The van der Waals surface area contributed by atoms with E-state index in [2.05, 4.69) is 30.9 Å². The molecular weight excluding hydrogens is 480 g/mol. The topological polar surface area (TPSA) is 73.8 Å². The molecule has 0 saturated carbocycles. The van der Waals surface area contributed by atoms with Crippen molar-refractivity contribution in [2.24, 2.45) is 5.92 Å². The highest BCUT2D eigenvalue weighted by Gasteiger charge is 2.35. The first kappa shape index (κ1) is 24.2. The van der Waals surface area contributed by atoms with Crippen molar-refractivity contribution >= 4 is 42.6 Å². The van der Waals surface area contributed by atoms with Gasteiger partial charge in [-0.15, -0.1) is 0 Å². The van der Waals surface area contributed by atoms with Gasteiger partial charge in [-0.25, -0.2) is 13.4 Å². The van der Waals surface area contributed by atoms with Crippen molar-refractivity contribution in [2.45, 2.75) is 38.5 Å². The fraction of sp³-hybridized carbons (Fsp3) is 0.462. The van der Waals surface area contributed by atoms with Crippen LogP contribution in [0.5, 0.6) is 0 Å². The Kier molecular flexibility index (Phi) is 6.59. The summed E-state index contributed by atoms with van der Waals surface area (Å²) in [5.74, 6) is 0.0481. The maximum Gasteiger partial charge on any atom is 0.243 e. The number of carbonyl (C=O) groups is 1. The minimum Gasteiger partial charge on any atom is -0.345 e. The summed E-state index contributed by atoms with van der Waals surface area (Å²) in [5, 5.41) is 1.02. The molecule has 2 fully saturated rings. The van der Waals surface area contributed by atoms with E-state index in [9.17, 15) is 13.2 Å². The molecule has 2 aliphatic rings. The molecule has 2 aromatic carbocycles. The van der Waals surface area contributed by atoms with Gasteiger partial charge in [0.15, 0.2) is 5.13 Å². The lowest BCUT2D eigenvalue weighted by Crippen LogP contribution is -2.52. The minimum atomic E-state index is -3.51. The Morgan fingerprint density at radius 2 is 1.57 bits per heavy atom. The van der Waals surface area contributed by atoms with Crippen LogP contribution >= 0.6 is 11.3 Å². The van der Waals surface area contributed by atoms with E-state index in [4.69, 9.17) is 4.98 Å². The second-order valence-electron chi connectivity index (χ2n) is 9.73. The predicted octanol–water partition coefficient (Wildman–Crippen LogP) is 3.97. The Balaban J connectivity index is 1.17. The molecule has 0 N–H and O–H groups in total. The lowest BCUT2D eigenvalue weighted by molar-refractivity contribution is -0.137. The van der Waals surface area contributed by atoms with E-state index in [1.807, 2.05) is 24.0 Å². The number of nitrogens with zero attached hydrogens (tertiary/aromatic N) is 4. The Morgan fingerprint density at radius 1 is 0.914 bits per heavy atom. The number of hydrogen-bond donors (Lipinski definition) is 0. The van der Waals surface area contributed by atoms with Gasteiger partial charge in [0.2, 0.25) is 15.9 Å². The van der Waals surface area contributed by atoms with Gasteiger partial charge in [0.05, 0.1) is 15.1 Å². The smallest absolute Gasteiger partial charge is 0.243 e. The molecule has 0 spiro atoms. The van der Waals surface area contributed by atoms with Crippen LogP contribution in [-0.4, -0.2) is 67.8 Å². The molecule has 35 heavy (non-hydrogen) atoms. The highest BCUT2D eigenvalue weighted by molar-refractivity contribution is 7.89. The summed E-state index contributed by atoms with van der Waals surface area (Å²) in [7, 11) is -3.51. The molecule has 9 heteroatoms. The molecule has 0 aliphatic carbocycles. The van der Waals surface area contributed by atoms with Crippen LogP contribution in [0.25, 0.3) is 10.2 Å². The number of aromatic nitrogens is 1. The van der Waals surface area contributed by atoms with Crippen molar-refractivity contribution in [3.8, 4) is 0 Å². The molecule has 3 aromatic rings. The molecule has 2 saturated heterocycles. The van der Waals surface area contributed by atoms with Crippen LogP contribution in [0.15, 0.2) is 41.3 Å². The molecule has 0 radical (unpaired) electrons. The van der Waals surface area contributed by atoms with Gasteiger partial charge in [0.25, 0.3) is 0 Å². The number of fused-ring (bicyclic) bond motifs is 1. The number of carbonyl (C=O) groups excluding carboxylic acids is 1. The van der Waals surface area contributed by atoms with Gasteiger partial charge in [-0.05, 0) is 62.9 Å². The van der Waals surface area contributed by atoms with Gasteiger partial charge in [0, 0.05) is 45.2 Å². The number of piperazine rings is 1. The fourth-order valence-electron chi connectivity index (χ4n) is 5.07. The number of sulfonamides is 1. The zero-order chi connectivity index (χ0) is 24.7. The van der Waals surface area contributed by atoms with Crippen molar-refractivity contribution in [1.82, 2.24) is 14.2 Å². The van der Waals surface area contributed by atoms with Crippen molar-refractivity contribution in [3.05, 3.63) is 53.1 Å². The Hall–Kier alpha value is -2.49. The first-order valence-electron chi connectivity index (χ1n) is 12.2. The minimum absolute atomic E-state index is 0.112. The molecule has 7 nitrogen and oxygen atoms in total. The van der Waals surface area contributed by atoms with Crippen LogP contribution < -0.4 is 4.90 Å². The van der Waals surface area contributed by atoms with Gasteiger partial charge < -0.3 is 9.80 Å². The third kappa shape index (κ3) is 4.81. The van der Waals surface area contributed by atoms with E-state index in [-0.39, 0.29) is 11.8 Å². The van der Waals surface area contributed by atoms with Crippen molar-refractivity contribution in [3.63, 3.8) is 0 Å². The number of amides is 1. The van der Waals surface area contributed by atoms with Crippen LogP contribution in [0, 0.1) is 26.7 Å². The molecule has 0 unspecified atom stereocenters. The fourth-order valence-corrected chi connectivity index (χ4v) is 7.74. The van der Waals surface area contributed by atoms with Gasteiger partial charge in [-0.1, -0.05) is 35.1 Å². The number of hydrogen-bond acceptors (Lipinski definition) is 6. The number of rotatable bonds is 4. The zero-order valence-corrected chi connectivity index (χ0v) is 22.2. The number of thiazole rings is 1. The summed E-state index contributed by atoms with van der Waals surface area (Å²) in [4.78, 5) is 22.6.